The van der Waals surface area contributed by atoms with Crippen molar-refractivity contribution in [2.75, 3.05) is 12.8 Å². The van der Waals surface area contributed by atoms with E-state index in [9.17, 15) is 0 Å². The highest BCUT2D eigenvalue weighted by Crippen LogP contribution is 2.59. The molecule has 0 spiro atoms. The predicted molar refractivity (Wildman–Crippen MR) is 150 cm³/mol. The minimum atomic E-state index is -1.18. The first-order valence-electron chi connectivity index (χ1n) is 13.6. The Bertz CT molecular complexity index is 548. The standard InChI is InChI=1S/C28H58BNP/c1-11-14-15-22(4)20-24-16-17-26(29-23(5)27(6,7)30)25(21-24)18-19-31(9,10)28(8,12-2)13-3/h22-26H,9,11-21,30H2,1-8,10H3. The molecule has 1 aliphatic rings. The minimum Gasteiger partial charge on any atom is -0.326 e. The second-order valence-electron chi connectivity index (χ2n) is 12.5. The van der Waals surface area contributed by atoms with E-state index in [2.05, 4.69) is 69.3 Å². The largest absolute Gasteiger partial charge is 0.326 e. The Balaban J connectivity index is 2.89. The lowest BCUT2D eigenvalue weighted by molar-refractivity contribution is 0.221. The third-order valence-corrected chi connectivity index (χ3v) is 13.9. The first kappa shape index (κ1) is 29.4. The van der Waals surface area contributed by atoms with Crippen molar-refractivity contribution < 1.29 is 0 Å². The van der Waals surface area contributed by atoms with E-state index < -0.39 is 6.89 Å². The molecule has 1 saturated carbocycles. The van der Waals surface area contributed by atoms with Crippen molar-refractivity contribution in [2.45, 2.75) is 142 Å². The van der Waals surface area contributed by atoms with Gasteiger partial charge in [-0.05, 0) is 81.7 Å². The average Bonchev–Trinajstić information content (AvgIpc) is 2.70. The van der Waals surface area contributed by atoms with Crippen LogP contribution < -0.4 is 5.73 Å². The molecule has 183 valence electrons. The summed E-state index contributed by atoms with van der Waals surface area (Å²) in [5.41, 5.74) is 6.36. The summed E-state index contributed by atoms with van der Waals surface area (Å²) < 4.78 is 0. The van der Waals surface area contributed by atoms with Crippen LogP contribution >= 0.6 is 6.89 Å². The van der Waals surface area contributed by atoms with Crippen LogP contribution in [0.5, 0.6) is 0 Å². The van der Waals surface area contributed by atoms with Crippen molar-refractivity contribution in [2.24, 2.45) is 23.5 Å². The molecule has 6 unspecified atom stereocenters. The van der Waals surface area contributed by atoms with Crippen molar-refractivity contribution in [1.82, 2.24) is 0 Å². The normalized spacial score (nSPS) is 26.8. The van der Waals surface area contributed by atoms with Crippen LogP contribution in [0.1, 0.15) is 120 Å². The smallest absolute Gasteiger partial charge is 0.120 e. The van der Waals surface area contributed by atoms with Crippen LogP contribution in [0.4, 0.5) is 0 Å². The molecule has 0 aliphatic heterocycles. The maximum Gasteiger partial charge on any atom is 0.120 e. The first-order chi connectivity index (χ1) is 14.3. The van der Waals surface area contributed by atoms with Crippen molar-refractivity contribution >= 4 is 20.5 Å². The molecule has 31 heavy (non-hydrogen) atoms. The fraction of sp³-hybridized carbons (Fsp3) is 0.964. The summed E-state index contributed by atoms with van der Waals surface area (Å²) in [5, 5.41) is 0.446. The van der Waals surface area contributed by atoms with E-state index >= 15 is 0 Å². The van der Waals surface area contributed by atoms with E-state index in [-0.39, 0.29) is 5.54 Å². The van der Waals surface area contributed by atoms with Gasteiger partial charge in [-0.2, -0.15) is 0 Å². The van der Waals surface area contributed by atoms with Gasteiger partial charge in [0, 0.05) is 5.54 Å². The number of hydrogen-bond acceptors (Lipinski definition) is 1. The zero-order valence-electron chi connectivity index (χ0n) is 23.0. The molecule has 0 saturated heterocycles. The molecule has 0 aromatic heterocycles. The van der Waals surface area contributed by atoms with Crippen LogP contribution in [0.15, 0.2) is 0 Å². The van der Waals surface area contributed by atoms with Gasteiger partial charge in [-0.25, -0.2) is 0 Å². The molecule has 0 aromatic carbocycles. The fourth-order valence-corrected chi connectivity index (χ4v) is 8.74. The molecule has 0 aromatic rings. The SMILES string of the molecule is C=P(C)(CCC1CC(CC(C)CCCC)CCC1[B]C(C)C(C)(C)N)C(C)(CC)CC. The van der Waals surface area contributed by atoms with E-state index in [1.165, 1.54) is 70.4 Å². The van der Waals surface area contributed by atoms with Gasteiger partial charge in [0.2, 0.25) is 0 Å². The second kappa shape index (κ2) is 12.7. The second-order valence-corrected chi connectivity index (χ2v) is 16.8. The molecule has 1 fully saturated rings. The summed E-state index contributed by atoms with van der Waals surface area (Å²) in [7, 11) is 2.65. The molecule has 1 radical (unpaired) electrons. The van der Waals surface area contributed by atoms with Gasteiger partial charge in [-0.1, -0.05) is 85.3 Å². The summed E-state index contributed by atoms with van der Waals surface area (Å²) in [4.78, 5) is 0. The molecule has 0 bridgehead atoms. The molecule has 3 heteroatoms. The Hall–Kier alpha value is 0.325. The zero-order valence-corrected chi connectivity index (χ0v) is 23.9. The molecular formula is C28H58BNP. The summed E-state index contributed by atoms with van der Waals surface area (Å²) in [6.07, 6.45) is 20.0. The molecule has 1 aliphatic carbocycles. The Kier molecular flexibility index (Phi) is 12.0. The lowest BCUT2D eigenvalue weighted by Crippen LogP contribution is -2.41. The summed E-state index contributed by atoms with van der Waals surface area (Å²) in [6, 6.07) is 0. The maximum atomic E-state index is 6.48. The molecule has 6 atom stereocenters. The molecular weight excluding hydrogens is 392 g/mol. The first-order valence-corrected chi connectivity index (χ1v) is 16.2. The van der Waals surface area contributed by atoms with Gasteiger partial charge < -0.3 is 5.73 Å². The fourth-order valence-electron chi connectivity index (χ4n) is 5.78. The Labute approximate surface area is 198 Å². The Morgan fingerprint density at radius 3 is 2.23 bits per heavy atom. The molecule has 1 rings (SSSR count). The quantitative estimate of drug-likeness (QED) is 0.208. The Morgan fingerprint density at radius 2 is 1.71 bits per heavy atom. The van der Waals surface area contributed by atoms with Gasteiger partial charge >= 0.3 is 0 Å². The predicted octanol–water partition coefficient (Wildman–Crippen LogP) is 8.71. The summed E-state index contributed by atoms with van der Waals surface area (Å²) in [5.74, 6) is 3.87. The molecule has 1 nitrogen and oxygen atoms in total. The van der Waals surface area contributed by atoms with E-state index in [0.717, 1.165) is 23.6 Å². The topological polar surface area (TPSA) is 26.0 Å². The van der Waals surface area contributed by atoms with Crippen LogP contribution in [0.2, 0.25) is 11.6 Å². The van der Waals surface area contributed by atoms with Crippen molar-refractivity contribution in [1.29, 1.82) is 0 Å². The van der Waals surface area contributed by atoms with Gasteiger partial charge in [0.05, 0.1) is 0 Å². The van der Waals surface area contributed by atoms with E-state index in [4.69, 9.17) is 12.0 Å². The third-order valence-electron chi connectivity index (χ3n) is 9.47. The van der Waals surface area contributed by atoms with Crippen molar-refractivity contribution in [3.63, 3.8) is 0 Å². The summed E-state index contributed by atoms with van der Waals surface area (Å²) in [6.45, 7) is 20.2. The Morgan fingerprint density at radius 1 is 1.10 bits per heavy atom. The zero-order chi connectivity index (χ0) is 23.9. The highest BCUT2D eigenvalue weighted by atomic mass is 31.2. The molecule has 2 N–H and O–H groups in total. The van der Waals surface area contributed by atoms with Crippen LogP contribution in [0.25, 0.3) is 0 Å². The molecule has 0 heterocycles. The van der Waals surface area contributed by atoms with Gasteiger partial charge in [0.15, 0.2) is 0 Å². The van der Waals surface area contributed by atoms with Gasteiger partial charge in [-0.3, -0.25) is 0 Å². The van der Waals surface area contributed by atoms with Crippen molar-refractivity contribution in [3.8, 4) is 0 Å². The highest BCUT2D eigenvalue weighted by Gasteiger charge is 2.37. The third kappa shape index (κ3) is 8.89. The number of nitrogens with two attached hydrogens (primary N) is 1. The average molecular weight is 451 g/mol. The molecule has 0 amide bonds. The summed E-state index contributed by atoms with van der Waals surface area (Å²) >= 11 is 0. The lowest BCUT2D eigenvalue weighted by atomic mass is 9.44. The van der Waals surface area contributed by atoms with Crippen LogP contribution in [0, 0.1) is 17.8 Å². The van der Waals surface area contributed by atoms with Crippen LogP contribution in [-0.2, 0) is 0 Å². The number of hydrogen-bond donors (Lipinski definition) is 1. The number of unbranched alkanes of at least 4 members (excludes halogenated alkanes) is 1. The monoisotopic (exact) mass is 450 g/mol. The number of rotatable bonds is 14. The van der Waals surface area contributed by atoms with E-state index in [1.54, 1.807) is 0 Å². The van der Waals surface area contributed by atoms with Crippen molar-refractivity contribution in [3.05, 3.63) is 0 Å². The van der Waals surface area contributed by atoms with Crippen LogP contribution in [-0.4, -0.2) is 37.1 Å². The van der Waals surface area contributed by atoms with E-state index in [1.807, 2.05) is 0 Å². The highest BCUT2D eigenvalue weighted by molar-refractivity contribution is 7.74. The van der Waals surface area contributed by atoms with Gasteiger partial charge in [0.25, 0.3) is 0 Å². The van der Waals surface area contributed by atoms with Gasteiger partial charge in [0.1, 0.15) is 7.28 Å². The lowest BCUT2D eigenvalue weighted by Gasteiger charge is -2.44. The van der Waals surface area contributed by atoms with Gasteiger partial charge in [-0.15, -0.1) is 13.2 Å². The van der Waals surface area contributed by atoms with E-state index in [0.29, 0.717) is 11.0 Å². The maximum absolute atomic E-state index is 6.48. The minimum absolute atomic E-state index is 0.118. The van der Waals surface area contributed by atoms with Crippen LogP contribution in [0.3, 0.4) is 0 Å².